The highest BCUT2D eigenvalue weighted by atomic mass is 79.9. The second-order valence-corrected chi connectivity index (χ2v) is 3.54. The van der Waals surface area contributed by atoms with Crippen molar-refractivity contribution >= 4 is 33.7 Å². The molecule has 1 aromatic rings. The predicted molar refractivity (Wildman–Crippen MR) is 59.9 cm³/mol. The Labute approximate surface area is 94.8 Å². The molecular weight excluding hydrogens is 265 g/mol. The predicted octanol–water partition coefficient (Wildman–Crippen LogP) is 2.60. The van der Waals surface area contributed by atoms with Crippen LogP contribution in [0.4, 0.5) is 10.1 Å². The molecule has 0 aliphatic rings. The molecule has 0 aliphatic carbocycles. The summed E-state index contributed by atoms with van der Waals surface area (Å²) in [5.41, 5.74) is 6.15. The van der Waals surface area contributed by atoms with Gasteiger partial charge in [0.25, 0.3) is 0 Å². The fraction of sp³-hybridized carbons (Fsp3) is 0.100. The molecule has 0 spiro atoms. The van der Waals surface area contributed by atoms with E-state index in [0.29, 0.717) is 5.56 Å². The minimum atomic E-state index is -0.679. The van der Waals surface area contributed by atoms with Crippen molar-refractivity contribution in [3.63, 3.8) is 0 Å². The highest BCUT2D eigenvalue weighted by Crippen LogP contribution is 2.30. The lowest BCUT2D eigenvalue weighted by Crippen LogP contribution is -2.08. The molecule has 0 amide bonds. The van der Waals surface area contributed by atoms with Crippen LogP contribution in [0, 0.1) is 5.82 Å². The summed E-state index contributed by atoms with van der Waals surface area (Å²) in [6, 6.07) is 1.03. The first-order valence-corrected chi connectivity index (χ1v) is 4.80. The Morgan fingerprint density at radius 1 is 1.73 bits per heavy atom. The first kappa shape index (κ1) is 11.7. The molecule has 0 bridgehead atoms. The van der Waals surface area contributed by atoms with E-state index >= 15 is 0 Å². The van der Waals surface area contributed by atoms with Crippen LogP contribution in [0.2, 0.25) is 0 Å². The lowest BCUT2D eigenvalue weighted by Gasteiger charge is -2.09. The normalized spacial score (nSPS) is 9.80. The zero-order valence-electron chi connectivity index (χ0n) is 8.01. The summed E-state index contributed by atoms with van der Waals surface area (Å²) in [5, 5.41) is 0. The fourth-order valence-electron chi connectivity index (χ4n) is 1.14. The van der Waals surface area contributed by atoms with E-state index in [4.69, 9.17) is 5.73 Å². The highest BCUT2D eigenvalue weighted by Gasteiger charge is 2.17. The Balaban J connectivity index is 3.50. The third kappa shape index (κ3) is 2.02. The third-order valence-electron chi connectivity index (χ3n) is 1.91. The molecule has 0 saturated heterocycles. The largest absolute Gasteiger partial charge is 0.465 e. The summed E-state index contributed by atoms with van der Waals surface area (Å²) in [5.74, 6) is -1.26. The van der Waals surface area contributed by atoms with E-state index in [0.717, 1.165) is 6.07 Å². The summed E-state index contributed by atoms with van der Waals surface area (Å²) in [6.45, 7) is 3.49. The zero-order chi connectivity index (χ0) is 11.6. The summed E-state index contributed by atoms with van der Waals surface area (Å²) in [7, 11) is 1.20. The fourth-order valence-corrected chi connectivity index (χ4v) is 1.63. The van der Waals surface area contributed by atoms with E-state index in [1.807, 2.05) is 0 Å². The lowest BCUT2D eigenvalue weighted by atomic mass is 10.1. The van der Waals surface area contributed by atoms with Crippen LogP contribution < -0.4 is 5.73 Å². The summed E-state index contributed by atoms with van der Waals surface area (Å²) >= 11 is 3.02. The number of halogens is 2. The average molecular weight is 274 g/mol. The second kappa shape index (κ2) is 4.44. The van der Waals surface area contributed by atoms with Crippen molar-refractivity contribution in [3.8, 4) is 0 Å². The monoisotopic (exact) mass is 273 g/mol. The molecule has 0 saturated carbocycles. The van der Waals surface area contributed by atoms with Crippen molar-refractivity contribution in [1.29, 1.82) is 0 Å². The van der Waals surface area contributed by atoms with Gasteiger partial charge >= 0.3 is 5.97 Å². The Hall–Kier alpha value is -1.36. The summed E-state index contributed by atoms with van der Waals surface area (Å²) < 4.78 is 18.0. The zero-order valence-corrected chi connectivity index (χ0v) is 9.60. The molecule has 1 aromatic carbocycles. The van der Waals surface area contributed by atoms with Crippen LogP contribution in [0.25, 0.3) is 6.08 Å². The number of nitrogen functional groups attached to an aromatic ring is 1. The van der Waals surface area contributed by atoms with Gasteiger partial charge in [0, 0.05) is 5.56 Å². The standard InChI is InChI=1S/C10H9BrFNO2/c1-3-5-8(11)7(12)4-6(9(5)13)10(14)15-2/h3-4H,1,13H2,2H3. The number of carbonyl (C=O) groups is 1. The van der Waals surface area contributed by atoms with Crippen molar-refractivity contribution in [3.05, 3.63) is 34.1 Å². The topological polar surface area (TPSA) is 52.3 Å². The molecule has 0 aromatic heterocycles. The van der Waals surface area contributed by atoms with E-state index in [1.165, 1.54) is 13.2 Å². The maximum absolute atomic E-state index is 13.3. The molecule has 2 N–H and O–H groups in total. The van der Waals surface area contributed by atoms with Gasteiger partial charge in [-0.1, -0.05) is 12.7 Å². The average Bonchev–Trinajstić information content (AvgIpc) is 2.23. The minimum Gasteiger partial charge on any atom is -0.465 e. The summed E-state index contributed by atoms with van der Waals surface area (Å²) in [4.78, 5) is 11.2. The quantitative estimate of drug-likeness (QED) is 0.666. The van der Waals surface area contributed by atoms with Crippen LogP contribution in [0.1, 0.15) is 15.9 Å². The van der Waals surface area contributed by atoms with Crippen molar-refractivity contribution < 1.29 is 13.9 Å². The van der Waals surface area contributed by atoms with Crippen LogP contribution in [-0.4, -0.2) is 13.1 Å². The van der Waals surface area contributed by atoms with Gasteiger partial charge in [0.1, 0.15) is 5.82 Å². The molecule has 3 nitrogen and oxygen atoms in total. The van der Waals surface area contributed by atoms with E-state index in [9.17, 15) is 9.18 Å². The second-order valence-electron chi connectivity index (χ2n) is 2.74. The number of esters is 1. The van der Waals surface area contributed by atoms with Crippen LogP contribution >= 0.6 is 15.9 Å². The molecule has 0 unspecified atom stereocenters. The molecule has 80 valence electrons. The number of anilines is 1. The molecule has 0 heterocycles. The third-order valence-corrected chi connectivity index (χ3v) is 2.71. The van der Waals surface area contributed by atoms with Crippen molar-refractivity contribution in [2.24, 2.45) is 0 Å². The number of rotatable bonds is 2. The van der Waals surface area contributed by atoms with Crippen LogP contribution in [0.3, 0.4) is 0 Å². The Morgan fingerprint density at radius 3 is 2.80 bits per heavy atom. The van der Waals surface area contributed by atoms with Gasteiger partial charge in [-0.15, -0.1) is 0 Å². The molecule has 5 heteroatoms. The molecule has 0 aliphatic heterocycles. The molecule has 0 radical (unpaired) electrons. The smallest absolute Gasteiger partial charge is 0.340 e. The maximum Gasteiger partial charge on any atom is 0.340 e. The van der Waals surface area contributed by atoms with Gasteiger partial charge in [-0.05, 0) is 22.0 Å². The Morgan fingerprint density at radius 2 is 2.33 bits per heavy atom. The molecular formula is C10H9BrFNO2. The van der Waals surface area contributed by atoms with Crippen molar-refractivity contribution in [2.45, 2.75) is 0 Å². The molecule has 0 fully saturated rings. The van der Waals surface area contributed by atoms with E-state index < -0.39 is 11.8 Å². The van der Waals surface area contributed by atoms with E-state index in [1.54, 1.807) is 0 Å². The van der Waals surface area contributed by atoms with Crippen molar-refractivity contribution in [2.75, 3.05) is 12.8 Å². The number of nitrogens with two attached hydrogens (primary N) is 1. The molecule has 0 atom stereocenters. The Bertz CT molecular complexity index is 432. The molecule has 15 heavy (non-hydrogen) atoms. The molecule has 1 rings (SSSR count). The number of methoxy groups -OCH3 is 1. The number of benzene rings is 1. The van der Waals surface area contributed by atoms with Gasteiger partial charge in [-0.25, -0.2) is 9.18 Å². The Kier molecular flexibility index (Phi) is 3.47. The van der Waals surface area contributed by atoms with Crippen molar-refractivity contribution in [1.82, 2.24) is 0 Å². The number of ether oxygens (including phenoxy) is 1. The summed E-state index contributed by atoms with van der Waals surface area (Å²) in [6.07, 6.45) is 1.37. The van der Waals surface area contributed by atoms with Gasteiger partial charge in [-0.2, -0.15) is 0 Å². The number of hydrogen-bond acceptors (Lipinski definition) is 3. The lowest BCUT2D eigenvalue weighted by molar-refractivity contribution is 0.0601. The van der Waals surface area contributed by atoms with Crippen LogP contribution in [0.15, 0.2) is 17.1 Å². The highest BCUT2D eigenvalue weighted by molar-refractivity contribution is 9.10. The van der Waals surface area contributed by atoms with Gasteiger partial charge in [0.15, 0.2) is 0 Å². The van der Waals surface area contributed by atoms with E-state index in [2.05, 4.69) is 27.2 Å². The van der Waals surface area contributed by atoms with Gasteiger partial charge in [0.05, 0.1) is 22.8 Å². The number of carbonyl (C=O) groups excluding carboxylic acids is 1. The first-order chi connectivity index (χ1) is 7.02. The van der Waals surface area contributed by atoms with Gasteiger partial charge in [-0.3, -0.25) is 0 Å². The SMILES string of the molecule is C=Cc1c(N)c(C(=O)OC)cc(F)c1Br. The van der Waals surface area contributed by atoms with E-state index in [-0.39, 0.29) is 15.7 Å². The first-order valence-electron chi connectivity index (χ1n) is 4.01. The minimum absolute atomic E-state index is 0.00639. The maximum atomic E-state index is 13.3. The van der Waals surface area contributed by atoms with Gasteiger partial charge in [0.2, 0.25) is 0 Å². The number of hydrogen-bond donors (Lipinski definition) is 1. The van der Waals surface area contributed by atoms with Crippen LogP contribution in [0.5, 0.6) is 0 Å². The van der Waals surface area contributed by atoms with Crippen LogP contribution in [-0.2, 0) is 4.74 Å². The van der Waals surface area contributed by atoms with Gasteiger partial charge < -0.3 is 10.5 Å².